The summed E-state index contributed by atoms with van der Waals surface area (Å²) in [5.74, 6) is -0.347. The highest BCUT2D eigenvalue weighted by atomic mass is 35.5. The molecule has 4 heteroatoms. The van der Waals surface area contributed by atoms with Gasteiger partial charge in [-0.2, -0.15) is 0 Å². The monoisotopic (exact) mass is 255 g/mol. The Kier molecular flexibility index (Phi) is 8.11. The molecule has 0 spiro atoms. The fourth-order valence-electron chi connectivity index (χ4n) is 1.26. The molecule has 0 saturated carbocycles. The van der Waals surface area contributed by atoms with E-state index in [9.17, 15) is 4.79 Å². The molecule has 0 aliphatic carbocycles. The lowest BCUT2D eigenvalue weighted by Gasteiger charge is -2.07. The molecule has 0 radical (unpaired) electrons. The maximum Gasteiger partial charge on any atom is 0.323 e. The summed E-state index contributed by atoms with van der Waals surface area (Å²) < 4.78 is 4.81. The highest BCUT2D eigenvalue weighted by molar-refractivity contribution is 5.85. The Morgan fingerprint density at radius 2 is 2.06 bits per heavy atom. The van der Waals surface area contributed by atoms with Crippen molar-refractivity contribution in [3.63, 3.8) is 0 Å². The number of hydrogen-bond acceptors (Lipinski definition) is 3. The Morgan fingerprint density at radius 1 is 1.41 bits per heavy atom. The number of nitrogens with two attached hydrogens (primary N) is 1. The lowest BCUT2D eigenvalue weighted by atomic mass is 10.1. The standard InChI is InChI=1S/C13H17NO2.ClH/c1-2-16-13(15)12(14)10-6-9-11-7-4-3-5-8-11;/h3-9,12H,2,10,14H2,1H3;1H/b9-6+;/t12-;/m1./s1. The minimum absolute atomic E-state index is 0. The van der Waals surface area contributed by atoms with Crippen molar-refractivity contribution in [2.45, 2.75) is 19.4 Å². The zero-order valence-corrected chi connectivity index (χ0v) is 10.7. The van der Waals surface area contributed by atoms with Crippen LogP contribution in [0, 0.1) is 0 Å². The van der Waals surface area contributed by atoms with Crippen LogP contribution in [0.15, 0.2) is 36.4 Å². The highest BCUT2D eigenvalue weighted by Crippen LogP contribution is 2.03. The molecule has 0 heterocycles. The van der Waals surface area contributed by atoms with Crippen LogP contribution < -0.4 is 5.73 Å². The van der Waals surface area contributed by atoms with E-state index < -0.39 is 6.04 Å². The van der Waals surface area contributed by atoms with Gasteiger partial charge in [0.1, 0.15) is 6.04 Å². The zero-order valence-electron chi connectivity index (χ0n) is 9.84. The molecule has 0 bridgehead atoms. The molecule has 94 valence electrons. The van der Waals surface area contributed by atoms with E-state index in [1.54, 1.807) is 6.92 Å². The first-order chi connectivity index (χ1) is 7.74. The first-order valence-corrected chi connectivity index (χ1v) is 5.38. The molecular weight excluding hydrogens is 238 g/mol. The van der Waals surface area contributed by atoms with Gasteiger partial charge in [0.05, 0.1) is 6.61 Å². The third-order valence-electron chi connectivity index (χ3n) is 2.09. The Hall–Kier alpha value is -1.32. The molecule has 0 fully saturated rings. The van der Waals surface area contributed by atoms with E-state index in [4.69, 9.17) is 10.5 Å². The third-order valence-corrected chi connectivity index (χ3v) is 2.09. The molecule has 0 aromatic heterocycles. The summed E-state index contributed by atoms with van der Waals surface area (Å²) in [6, 6.07) is 9.30. The van der Waals surface area contributed by atoms with Gasteiger partial charge in [-0.05, 0) is 18.9 Å². The Bertz CT molecular complexity index is 352. The number of esters is 1. The molecule has 1 atom stereocenters. The van der Waals surface area contributed by atoms with Crippen molar-refractivity contribution in [2.75, 3.05) is 6.61 Å². The van der Waals surface area contributed by atoms with Crippen LogP contribution in [0.4, 0.5) is 0 Å². The molecule has 1 aromatic rings. The normalized spacial score (nSPS) is 11.9. The van der Waals surface area contributed by atoms with E-state index in [0.717, 1.165) is 5.56 Å². The molecule has 0 saturated heterocycles. The van der Waals surface area contributed by atoms with Crippen molar-refractivity contribution in [1.29, 1.82) is 0 Å². The fraction of sp³-hybridized carbons (Fsp3) is 0.308. The number of halogens is 1. The van der Waals surface area contributed by atoms with E-state index in [2.05, 4.69) is 0 Å². The third kappa shape index (κ3) is 6.09. The average molecular weight is 256 g/mol. The first-order valence-electron chi connectivity index (χ1n) is 5.38. The van der Waals surface area contributed by atoms with E-state index in [1.165, 1.54) is 0 Å². The minimum Gasteiger partial charge on any atom is -0.465 e. The van der Waals surface area contributed by atoms with Gasteiger partial charge in [-0.15, -0.1) is 12.4 Å². The molecule has 1 aromatic carbocycles. The lowest BCUT2D eigenvalue weighted by molar-refractivity contribution is -0.144. The van der Waals surface area contributed by atoms with Crippen LogP contribution in [0.2, 0.25) is 0 Å². The van der Waals surface area contributed by atoms with Crippen LogP contribution >= 0.6 is 12.4 Å². The molecule has 17 heavy (non-hydrogen) atoms. The molecular formula is C13H18ClNO2. The van der Waals surface area contributed by atoms with Crippen molar-refractivity contribution >= 4 is 24.5 Å². The maximum absolute atomic E-state index is 11.2. The van der Waals surface area contributed by atoms with E-state index in [-0.39, 0.29) is 18.4 Å². The fourth-order valence-corrected chi connectivity index (χ4v) is 1.26. The second-order valence-corrected chi connectivity index (χ2v) is 3.41. The number of carbonyl (C=O) groups excluding carboxylic acids is 1. The number of benzene rings is 1. The van der Waals surface area contributed by atoms with Crippen molar-refractivity contribution in [3.8, 4) is 0 Å². The number of rotatable bonds is 5. The molecule has 0 unspecified atom stereocenters. The zero-order chi connectivity index (χ0) is 11.8. The average Bonchev–Trinajstić information content (AvgIpc) is 2.30. The quantitative estimate of drug-likeness (QED) is 0.822. The summed E-state index contributed by atoms with van der Waals surface area (Å²) in [5.41, 5.74) is 6.74. The topological polar surface area (TPSA) is 52.3 Å². The van der Waals surface area contributed by atoms with Crippen molar-refractivity contribution in [1.82, 2.24) is 0 Å². The predicted molar refractivity (Wildman–Crippen MR) is 71.9 cm³/mol. The van der Waals surface area contributed by atoms with Gasteiger partial charge in [-0.1, -0.05) is 42.5 Å². The van der Waals surface area contributed by atoms with Gasteiger partial charge < -0.3 is 10.5 Å². The van der Waals surface area contributed by atoms with Crippen LogP contribution in [-0.4, -0.2) is 18.6 Å². The van der Waals surface area contributed by atoms with Gasteiger partial charge in [0.2, 0.25) is 0 Å². The molecule has 0 amide bonds. The smallest absolute Gasteiger partial charge is 0.323 e. The predicted octanol–water partition coefficient (Wildman–Crippen LogP) is 2.40. The second kappa shape index (κ2) is 8.79. The molecule has 1 rings (SSSR count). The van der Waals surface area contributed by atoms with Crippen LogP contribution in [0.5, 0.6) is 0 Å². The molecule has 0 aliphatic rings. The Morgan fingerprint density at radius 3 is 2.65 bits per heavy atom. The minimum atomic E-state index is -0.570. The SMILES string of the molecule is CCOC(=O)[C@H](N)C/C=C/c1ccccc1.Cl. The van der Waals surface area contributed by atoms with Gasteiger partial charge in [-0.3, -0.25) is 4.79 Å². The lowest BCUT2D eigenvalue weighted by Crippen LogP contribution is -2.31. The summed E-state index contributed by atoms with van der Waals surface area (Å²) in [6.45, 7) is 2.14. The van der Waals surface area contributed by atoms with Crippen molar-refractivity contribution in [2.24, 2.45) is 5.73 Å². The van der Waals surface area contributed by atoms with Crippen LogP contribution in [0.25, 0.3) is 6.08 Å². The van der Waals surface area contributed by atoms with Crippen molar-refractivity contribution < 1.29 is 9.53 Å². The number of carbonyl (C=O) groups is 1. The molecule has 3 nitrogen and oxygen atoms in total. The van der Waals surface area contributed by atoms with E-state index in [0.29, 0.717) is 13.0 Å². The maximum atomic E-state index is 11.2. The van der Waals surface area contributed by atoms with Crippen LogP contribution in [0.3, 0.4) is 0 Å². The van der Waals surface area contributed by atoms with Gasteiger partial charge in [0.25, 0.3) is 0 Å². The summed E-state index contributed by atoms with van der Waals surface area (Å²) >= 11 is 0. The molecule has 0 aliphatic heterocycles. The second-order valence-electron chi connectivity index (χ2n) is 3.41. The van der Waals surface area contributed by atoms with Gasteiger partial charge in [0.15, 0.2) is 0 Å². The Balaban J connectivity index is 0.00000256. The largest absolute Gasteiger partial charge is 0.465 e. The molecule has 2 N–H and O–H groups in total. The summed E-state index contributed by atoms with van der Waals surface area (Å²) in [7, 11) is 0. The number of hydrogen-bond donors (Lipinski definition) is 1. The van der Waals surface area contributed by atoms with Gasteiger partial charge in [0, 0.05) is 0 Å². The van der Waals surface area contributed by atoms with E-state index in [1.807, 2.05) is 42.5 Å². The van der Waals surface area contributed by atoms with E-state index >= 15 is 0 Å². The summed E-state index contributed by atoms with van der Waals surface area (Å²) in [5, 5.41) is 0. The van der Waals surface area contributed by atoms with Crippen LogP contribution in [0.1, 0.15) is 18.9 Å². The first kappa shape index (κ1) is 15.7. The summed E-state index contributed by atoms with van der Waals surface area (Å²) in [4.78, 5) is 11.2. The van der Waals surface area contributed by atoms with Crippen LogP contribution in [-0.2, 0) is 9.53 Å². The van der Waals surface area contributed by atoms with Crippen molar-refractivity contribution in [3.05, 3.63) is 42.0 Å². The van der Waals surface area contributed by atoms with Gasteiger partial charge in [-0.25, -0.2) is 0 Å². The highest BCUT2D eigenvalue weighted by Gasteiger charge is 2.11. The Labute approximate surface area is 108 Å². The van der Waals surface area contributed by atoms with Gasteiger partial charge >= 0.3 is 5.97 Å². The summed E-state index contributed by atoms with van der Waals surface area (Å²) in [6.07, 6.45) is 4.32. The number of ether oxygens (including phenoxy) is 1.